The van der Waals surface area contributed by atoms with Crippen molar-refractivity contribution in [1.82, 2.24) is 0 Å². The third-order valence-electron chi connectivity index (χ3n) is 3.74. The highest BCUT2D eigenvalue weighted by Gasteiger charge is 2.35. The van der Waals surface area contributed by atoms with Gasteiger partial charge >= 0.3 is 5.97 Å². The Morgan fingerprint density at radius 1 is 1.45 bits per heavy atom. The maximum Gasteiger partial charge on any atom is 0.306 e. The third kappa shape index (κ3) is 3.90. The molecule has 1 fully saturated rings. The van der Waals surface area contributed by atoms with Crippen molar-refractivity contribution in [2.75, 3.05) is 11.5 Å². The van der Waals surface area contributed by atoms with Crippen molar-refractivity contribution in [2.24, 2.45) is 5.92 Å². The molecule has 4 N–H and O–H groups in total. The van der Waals surface area contributed by atoms with Gasteiger partial charge in [-0.2, -0.15) is 0 Å². The molecule has 1 aliphatic rings. The number of hydrogen-bond acceptors (Lipinski definition) is 4. The van der Waals surface area contributed by atoms with Crippen LogP contribution < -0.4 is 5.73 Å². The fraction of sp³-hybridized carbons (Fsp3) is 0.500. The molecule has 0 heterocycles. The van der Waals surface area contributed by atoms with Crippen LogP contribution in [-0.4, -0.2) is 27.5 Å². The van der Waals surface area contributed by atoms with Crippen LogP contribution >= 0.6 is 27.7 Å². The second kappa shape index (κ2) is 6.37. The van der Waals surface area contributed by atoms with E-state index in [0.717, 1.165) is 9.37 Å². The van der Waals surface area contributed by atoms with Gasteiger partial charge in [0.25, 0.3) is 0 Å². The number of carbonyl (C=O) groups is 1. The van der Waals surface area contributed by atoms with Crippen LogP contribution in [-0.2, 0) is 4.79 Å². The highest BCUT2D eigenvalue weighted by atomic mass is 79.9. The Morgan fingerprint density at radius 2 is 2.10 bits per heavy atom. The van der Waals surface area contributed by atoms with Gasteiger partial charge < -0.3 is 15.9 Å². The van der Waals surface area contributed by atoms with Gasteiger partial charge in [-0.3, -0.25) is 4.79 Å². The summed E-state index contributed by atoms with van der Waals surface area (Å²) < 4.78 is 0.954. The van der Waals surface area contributed by atoms with Crippen LogP contribution in [0.1, 0.15) is 25.7 Å². The molecule has 0 aromatic heterocycles. The van der Waals surface area contributed by atoms with Gasteiger partial charge in [-0.05, 0) is 43.9 Å². The van der Waals surface area contributed by atoms with Gasteiger partial charge in [0.15, 0.2) is 0 Å². The Morgan fingerprint density at radius 3 is 2.70 bits per heavy atom. The summed E-state index contributed by atoms with van der Waals surface area (Å²) in [6.07, 6.45) is 2.15. The number of benzene rings is 1. The first-order chi connectivity index (χ1) is 9.39. The Bertz CT molecular complexity index is 501. The molecule has 1 aromatic carbocycles. The topological polar surface area (TPSA) is 83.5 Å². The molecule has 20 heavy (non-hydrogen) atoms. The Balaban J connectivity index is 1.94. The highest BCUT2D eigenvalue weighted by molar-refractivity contribution is 9.10. The molecule has 0 spiro atoms. The summed E-state index contributed by atoms with van der Waals surface area (Å²) in [5, 5.41) is 19.5. The smallest absolute Gasteiger partial charge is 0.306 e. The molecule has 0 amide bonds. The van der Waals surface area contributed by atoms with E-state index in [4.69, 9.17) is 10.8 Å². The van der Waals surface area contributed by atoms with Crippen molar-refractivity contribution < 1.29 is 15.0 Å². The van der Waals surface area contributed by atoms with Crippen molar-refractivity contribution in [2.45, 2.75) is 36.2 Å². The first kappa shape index (κ1) is 15.7. The quantitative estimate of drug-likeness (QED) is 0.568. The second-order valence-corrected chi connectivity index (χ2v) is 7.24. The van der Waals surface area contributed by atoms with Crippen molar-refractivity contribution in [1.29, 1.82) is 0 Å². The molecule has 110 valence electrons. The first-order valence-electron chi connectivity index (χ1n) is 6.53. The summed E-state index contributed by atoms with van der Waals surface area (Å²) in [5.74, 6) is -0.521. The average molecular weight is 360 g/mol. The molecule has 6 heteroatoms. The number of carboxylic acid groups (broad SMARTS) is 1. The zero-order valence-corrected chi connectivity index (χ0v) is 13.4. The minimum absolute atomic E-state index is 0.309. The molecule has 2 rings (SSSR count). The molecular formula is C14H18BrNO3S. The van der Waals surface area contributed by atoms with Crippen molar-refractivity contribution in [3.8, 4) is 0 Å². The molecular weight excluding hydrogens is 342 g/mol. The van der Waals surface area contributed by atoms with Crippen LogP contribution in [0.25, 0.3) is 0 Å². The molecule has 0 saturated heterocycles. The van der Waals surface area contributed by atoms with E-state index in [1.807, 2.05) is 18.2 Å². The minimum Gasteiger partial charge on any atom is -0.481 e. The number of hydrogen-bond donors (Lipinski definition) is 3. The first-order valence-corrected chi connectivity index (χ1v) is 8.30. The minimum atomic E-state index is -0.786. The van der Waals surface area contributed by atoms with E-state index in [-0.39, 0.29) is 5.92 Å². The molecule has 0 atom stereocenters. The van der Waals surface area contributed by atoms with Gasteiger partial charge in [0.05, 0.1) is 11.5 Å². The molecule has 4 nitrogen and oxygen atoms in total. The zero-order valence-electron chi connectivity index (χ0n) is 11.0. The summed E-state index contributed by atoms with van der Waals surface area (Å²) in [7, 11) is 0. The highest BCUT2D eigenvalue weighted by Crippen LogP contribution is 2.38. The summed E-state index contributed by atoms with van der Waals surface area (Å²) in [5.41, 5.74) is 5.82. The molecule has 1 saturated carbocycles. The van der Waals surface area contributed by atoms with E-state index < -0.39 is 11.6 Å². The fourth-order valence-electron chi connectivity index (χ4n) is 2.39. The fourth-order valence-corrected chi connectivity index (χ4v) is 4.06. The lowest BCUT2D eigenvalue weighted by Gasteiger charge is -2.34. The summed E-state index contributed by atoms with van der Waals surface area (Å²) >= 11 is 4.93. The van der Waals surface area contributed by atoms with E-state index in [9.17, 15) is 9.90 Å². The number of nitrogens with two attached hydrogens (primary N) is 1. The standard InChI is InChI=1S/C14H18BrNO3S/c15-10-1-2-11(16)12(7-10)20-8-14(19)5-3-9(4-6-14)13(17)18/h1-2,7,9,19H,3-6,8,16H2,(H,17,18). The Hall–Kier alpha value is -0.720. The summed E-state index contributed by atoms with van der Waals surface area (Å²) in [6, 6.07) is 5.65. The van der Waals surface area contributed by atoms with Crippen LogP contribution in [0.3, 0.4) is 0 Å². The molecule has 0 unspecified atom stereocenters. The Labute approximate surface area is 130 Å². The normalized spacial score (nSPS) is 26.4. The van der Waals surface area contributed by atoms with E-state index in [1.54, 1.807) is 0 Å². The van der Waals surface area contributed by atoms with E-state index in [2.05, 4.69) is 15.9 Å². The van der Waals surface area contributed by atoms with E-state index in [1.165, 1.54) is 11.8 Å². The zero-order chi connectivity index (χ0) is 14.8. The van der Waals surface area contributed by atoms with Crippen molar-refractivity contribution in [3.05, 3.63) is 22.7 Å². The number of halogens is 1. The monoisotopic (exact) mass is 359 g/mol. The number of carboxylic acids is 1. The molecule has 0 bridgehead atoms. The van der Waals surface area contributed by atoms with Gasteiger partial charge in [-0.15, -0.1) is 11.8 Å². The Kier molecular flexibility index (Phi) is 4.99. The van der Waals surface area contributed by atoms with E-state index in [0.29, 0.717) is 37.1 Å². The lowest BCUT2D eigenvalue weighted by Crippen LogP contribution is -2.38. The van der Waals surface area contributed by atoms with Gasteiger partial charge in [0, 0.05) is 20.8 Å². The average Bonchev–Trinajstić information content (AvgIpc) is 2.40. The number of rotatable bonds is 4. The van der Waals surface area contributed by atoms with Gasteiger partial charge in [0.2, 0.25) is 0 Å². The van der Waals surface area contributed by atoms with Crippen molar-refractivity contribution >= 4 is 39.3 Å². The number of nitrogen functional groups attached to an aromatic ring is 1. The SMILES string of the molecule is Nc1ccc(Br)cc1SCC1(O)CCC(C(=O)O)CC1. The molecule has 1 aromatic rings. The second-order valence-electron chi connectivity index (χ2n) is 5.31. The van der Waals surface area contributed by atoms with Gasteiger partial charge in [-0.1, -0.05) is 15.9 Å². The van der Waals surface area contributed by atoms with Crippen LogP contribution in [0.2, 0.25) is 0 Å². The van der Waals surface area contributed by atoms with Crippen LogP contribution in [0.4, 0.5) is 5.69 Å². The van der Waals surface area contributed by atoms with Crippen LogP contribution in [0, 0.1) is 5.92 Å². The predicted molar refractivity (Wildman–Crippen MR) is 83.8 cm³/mol. The van der Waals surface area contributed by atoms with E-state index >= 15 is 0 Å². The molecule has 0 aliphatic heterocycles. The van der Waals surface area contributed by atoms with Crippen molar-refractivity contribution in [3.63, 3.8) is 0 Å². The molecule has 1 aliphatic carbocycles. The summed E-state index contributed by atoms with van der Waals surface area (Å²) in [6.45, 7) is 0. The van der Waals surface area contributed by atoms with Crippen LogP contribution in [0.15, 0.2) is 27.6 Å². The third-order valence-corrected chi connectivity index (χ3v) is 5.58. The van der Waals surface area contributed by atoms with Gasteiger partial charge in [-0.25, -0.2) is 0 Å². The lowest BCUT2D eigenvalue weighted by atomic mass is 9.80. The maximum absolute atomic E-state index is 10.9. The number of anilines is 1. The van der Waals surface area contributed by atoms with Crippen LogP contribution in [0.5, 0.6) is 0 Å². The molecule has 0 radical (unpaired) electrons. The largest absolute Gasteiger partial charge is 0.481 e. The van der Waals surface area contributed by atoms with Gasteiger partial charge in [0.1, 0.15) is 0 Å². The number of aliphatic carboxylic acids is 1. The summed E-state index contributed by atoms with van der Waals surface area (Å²) in [4.78, 5) is 11.9. The predicted octanol–water partition coefficient (Wildman–Crippen LogP) is 3.13. The number of aliphatic hydroxyl groups is 1. The number of thioether (sulfide) groups is 1. The lowest BCUT2D eigenvalue weighted by molar-refractivity contribution is -0.144. The maximum atomic E-state index is 10.9.